The van der Waals surface area contributed by atoms with Crippen molar-refractivity contribution in [3.8, 4) is 28.7 Å². The predicted molar refractivity (Wildman–Crippen MR) is 163 cm³/mol. The van der Waals surface area contributed by atoms with Crippen LogP contribution in [-0.4, -0.2) is 41.5 Å². The van der Waals surface area contributed by atoms with Crippen LogP contribution in [0.4, 0.5) is 5.69 Å². The van der Waals surface area contributed by atoms with Crippen LogP contribution >= 0.6 is 0 Å². The second-order valence-corrected chi connectivity index (χ2v) is 9.93. The Balaban J connectivity index is 1.90. The zero-order valence-electron chi connectivity index (χ0n) is 24.5. The highest BCUT2D eigenvalue weighted by molar-refractivity contribution is 6.03. The number of fused-ring (bicyclic) bond motifs is 1. The van der Waals surface area contributed by atoms with Gasteiger partial charge in [0.2, 0.25) is 17.4 Å². The highest BCUT2D eigenvalue weighted by atomic mass is 16.5. The van der Waals surface area contributed by atoms with E-state index in [1.54, 1.807) is 41.0 Å². The van der Waals surface area contributed by atoms with E-state index in [0.717, 1.165) is 51.4 Å². The number of aryl methyl sites for hydroxylation is 1. The number of hydrogen-bond donors (Lipinski definition) is 3. The summed E-state index contributed by atoms with van der Waals surface area (Å²) in [5, 5.41) is 24.4. The summed E-state index contributed by atoms with van der Waals surface area (Å²) < 4.78 is 17.8. The number of phenols is 1. The van der Waals surface area contributed by atoms with Crippen molar-refractivity contribution in [2.75, 3.05) is 26.1 Å². The quantitative estimate of drug-likeness (QED) is 0.132. The molecule has 0 aliphatic carbocycles. The Kier molecular flexibility index (Phi) is 11.9. The summed E-state index contributed by atoms with van der Waals surface area (Å²) >= 11 is 0. The zero-order valence-corrected chi connectivity index (χ0v) is 24.5. The molecular weight excluding hydrogens is 524 g/mol. The number of pyridine rings is 1. The van der Waals surface area contributed by atoms with Crippen LogP contribution in [-0.2, 0) is 11.3 Å². The van der Waals surface area contributed by atoms with Crippen LogP contribution in [0.2, 0.25) is 0 Å². The van der Waals surface area contributed by atoms with Crippen molar-refractivity contribution in [1.29, 1.82) is 0 Å². The molecule has 0 aliphatic rings. The molecule has 0 fully saturated rings. The first-order valence-electron chi connectivity index (χ1n) is 14.3. The number of nitrogens with one attached hydrogen (secondary N) is 1. The third-order valence-corrected chi connectivity index (χ3v) is 6.87. The molecule has 3 N–H and O–H groups in total. The van der Waals surface area contributed by atoms with Crippen LogP contribution in [0.5, 0.6) is 28.7 Å². The number of amides is 1. The van der Waals surface area contributed by atoms with Gasteiger partial charge in [0.25, 0.3) is 5.56 Å². The lowest BCUT2D eigenvalue weighted by atomic mass is 10.1. The van der Waals surface area contributed by atoms with Crippen molar-refractivity contribution in [1.82, 2.24) is 4.57 Å². The predicted octanol–water partition coefficient (Wildman–Crippen LogP) is 6.62. The normalized spacial score (nSPS) is 11.2. The largest absolute Gasteiger partial charge is 0.502 e. The molecule has 0 aliphatic heterocycles. The average molecular weight is 567 g/mol. The maximum Gasteiger partial charge on any atom is 0.297 e. The van der Waals surface area contributed by atoms with Crippen molar-refractivity contribution in [2.24, 2.45) is 0 Å². The molecular formula is C32H42N2O7. The van der Waals surface area contributed by atoms with Gasteiger partial charge in [-0.25, -0.2) is 0 Å². The number of benzene rings is 2. The van der Waals surface area contributed by atoms with E-state index in [1.165, 1.54) is 20.3 Å². The lowest BCUT2D eigenvalue weighted by Crippen LogP contribution is -2.21. The summed E-state index contributed by atoms with van der Waals surface area (Å²) in [6, 6.07) is 8.39. The Labute approximate surface area is 241 Å². The van der Waals surface area contributed by atoms with Gasteiger partial charge in [0.1, 0.15) is 0 Å². The molecule has 41 heavy (non-hydrogen) atoms. The fourth-order valence-corrected chi connectivity index (χ4v) is 4.62. The Morgan fingerprint density at radius 3 is 2.20 bits per heavy atom. The summed E-state index contributed by atoms with van der Waals surface area (Å²) in [5.74, 6) is -0.269. The van der Waals surface area contributed by atoms with Gasteiger partial charge >= 0.3 is 0 Å². The van der Waals surface area contributed by atoms with Gasteiger partial charge in [-0.05, 0) is 54.8 Å². The number of anilines is 1. The van der Waals surface area contributed by atoms with E-state index >= 15 is 0 Å². The number of hydrogen-bond acceptors (Lipinski definition) is 7. The zero-order chi connectivity index (χ0) is 29.8. The summed E-state index contributed by atoms with van der Waals surface area (Å²) in [6.45, 7) is 5.10. The van der Waals surface area contributed by atoms with Crippen LogP contribution < -0.4 is 25.1 Å². The first kappa shape index (κ1) is 31.4. The van der Waals surface area contributed by atoms with Crippen molar-refractivity contribution >= 4 is 28.6 Å². The standard InChI is InChI=1S/C32H42N2O7/c1-5-7-9-11-17-34-25-21-23(14-15-24(25)31(30(37)32(34)38)41-18-12-10-8-6-2)33-28(35)16-13-22-19-26(39-3)29(36)27(20-22)40-4/h13-16,19-21,36-37H,5-12,17-18H2,1-4H3,(H,33,35)/b16-13+. The van der Waals surface area contributed by atoms with Gasteiger partial charge in [0.15, 0.2) is 17.2 Å². The van der Waals surface area contributed by atoms with Gasteiger partial charge in [-0.2, -0.15) is 0 Å². The third-order valence-electron chi connectivity index (χ3n) is 6.87. The second kappa shape index (κ2) is 15.6. The lowest BCUT2D eigenvalue weighted by Gasteiger charge is -2.17. The number of unbranched alkanes of at least 4 members (excludes halogenated alkanes) is 6. The van der Waals surface area contributed by atoms with E-state index in [4.69, 9.17) is 14.2 Å². The molecule has 0 bridgehead atoms. The Morgan fingerprint density at radius 1 is 0.902 bits per heavy atom. The second-order valence-electron chi connectivity index (χ2n) is 9.93. The third kappa shape index (κ3) is 8.19. The fourth-order valence-electron chi connectivity index (χ4n) is 4.62. The number of carbonyl (C=O) groups is 1. The molecule has 9 heteroatoms. The molecule has 1 aromatic heterocycles. The fraction of sp³-hybridized carbons (Fsp3) is 0.438. The van der Waals surface area contributed by atoms with Crippen molar-refractivity contribution < 1.29 is 29.2 Å². The van der Waals surface area contributed by atoms with E-state index in [0.29, 0.717) is 35.3 Å². The lowest BCUT2D eigenvalue weighted by molar-refractivity contribution is -0.111. The highest BCUT2D eigenvalue weighted by Gasteiger charge is 2.18. The number of methoxy groups -OCH3 is 2. The van der Waals surface area contributed by atoms with Crippen LogP contribution in [0.25, 0.3) is 17.0 Å². The van der Waals surface area contributed by atoms with E-state index in [2.05, 4.69) is 19.2 Å². The number of aromatic nitrogens is 1. The number of ether oxygens (including phenoxy) is 3. The molecule has 0 atom stereocenters. The van der Waals surface area contributed by atoms with Crippen molar-refractivity contribution in [3.63, 3.8) is 0 Å². The number of carbonyl (C=O) groups excluding carboxylic acids is 1. The van der Waals surface area contributed by atoms with Gasteiger partial charge in [-0.15, -0.1) is 0 Å². The van der Waals surface area contributed by atoms with Gasteiger partial charge in [-0.3, -0.25) is 9.59 Å². The molecule has 3 aromatic rings. The maximum absolute atomic E-state index is 13.2. The summed E-state index contributed by atoms with van der Waals surface area (Å²) in [5.41, 5.74) is 1.18. The minimum absolute atomic E-state index is 0.121. The molecule has 222 valence electrons. The van der Waals surface area contributed by atoms with Crippen molar-refractivity contribution in [3.05, 3.63) is 52.3 Å². The van der Waals surface area contributed by atoms with Crippen LogP contribution in [0.3, 0.4) is 0 Å². The minimum atomic E-state index is -0.504. The first-order valence-corrected chi connectivity index (χ1v) is 14.3. The van der Waals surface area contributed by atoms with Crippen molar-refractivity contribution in [2.45, 2.75) is 71.8 Å². The number of rotatable bonds is 16. The van der Waals surface area contributed by atoms with Crippen LogP contribution in [0.1, 0.15) is 70.8 Å². The molecule has 0 saturated heterocycles. The van der Waals surface area contributed by atoms with E-state index in [9.17, 15) is 19.8 Å². The molecule has 0 unspecified atom stereocenters. The molecule has 9 nitrogen and oxygen atoms in total. The molecule has 3 rings (SSSR count). The molecule has 1 amide bonds. The number of nitrogens with zero attached hydrogens (tertiary/aromatic N) is 1. The SMILES string of the molecule is CCCCCCOc1c(O)c(=O)n(CCCCCC)c2cc(NC(=O)/C=C/c3cc(OC)c(O)c(OC)c3)ccc12. The molecule has 0 spiro atoms. The Bertz CT molecular complexity index is 1390. The van der Waals surface area contributed by atoms with Gasteiger partial charge < -0.3 is 34.3 Å². The Morgan fingerprint density at radius 2 is 1.56 bits per heavy atom. The highest BCUT2D eigenvalue weighted by Crippen LogP contribution is 2.37. The van der Waals surface area contributed by atoms with Gasteiger partial charge in [0, 0.05) is 23.7 Å². The Hall–Kier alpha value is -4.14. The maximum atomic E-state index is 13.2. The molecule has 0 radical (unpaired) electrons. The average Bonchev–Trinajstić information content (AvgIpc) is 2.97. The number of phenolic OH excluding ortho intramolecular Hbond substituents is 1. The molecule has 2 aromatic carbocycles. The van der Waals surface area contributed by atoms with Gasteiger partial charge in [-0.1, -0.05) is 52.4 Å². The molecule has 1 heterocycles. The summed E-state index contributed by atoms with van der Waals surface area (Å²) in [7, 11) is 2.86. The van der Waals surface area contributed by atoms with E-state index in [-0.39, 0.29) is 28.7 Å². The topological polar surface area (TPSA) is 119 Å². The van der Waals surface area contributed by atoms with Crippen LogP contribution in [0.15, 0.2) is 41.2 Å². The number of aromatic hydroxyl groups is 2. The monoisotopic (exact) mass is 566 g/mol. The minimum Gasteiger partial charge on any atom is -0.502 e. The summed E-state index contributed by atoms with van der Waals surface area (Å²) in [4.78, 5) is 26.0. The smallest absolute Gasteiger partial charge is 0.297 e. The molecule has 0 saturated carbocycles. The van der Waals surface area contributed by atoms with Crippen LogP contribution in [0, 0.1) is 0 Å². The van der Waals surface area contributed by atoms with E-state index in [1.807, 2.05) is 0 Å². The van der Waals surface area contributed by atoms with E-state index < -0.39 is 11.5 Å². The van der Waals surface area contributed by atoms with Gasteiger partial charge in [0.05, 0.1) is 26.3 Å². The first-order chi connectivity index (χ1) is 19.8. The summed E-state index contributed by atoms with van der Waals surface area (Å²) in [6.07, 6.45) is 10.9.